The van der Waals surface area contributed by atoms with Gasteiger partial charge in [-0.3, -0.25) is 4.79 Å². The Morgan fingerprint density at radius 1 is 1.04 bits per heavy atom. The van der Waals surface area contributed by atoms with Gasteiger partial charge in [0.05, 0.1) is 18.3 Å². The van der Waals surface area contributed by atoms with Crippen molar-refractivity contribution in [2.24, 2.45) is 46.8 Å². The molecule has 4 unspecified atom stereocenters. The lowest BCUT2D eigenvalue weighted by molar-refractivity contribution is -0.181. The van der Waals surface area contributed by atoms with Crippen molar-refractivity contribution >= 4 is 5.97 Å². The van der Waals surface area contributed by atoms with Gasteiger partial charge in [0.2, 0.25) is 0 Å². The highest BCUT2D eigenvalue weighted by Gasteiger charge is 2.61. The molecule has 0 aromatic rings. The monoisotopic (exact) mass is 394 g/mol. The van der Waals surface area contributed by atoms with Gasteiger partial charge < -0.3 is 20.4 Å². The topological polar surface area (TPSA) is 98.0 Å². The van der Waals surface area contributed by atoms with Crippen molar-refractivity contribution < 1.29 is 25.2 Å². The van der Waals surface area contributed by atoms with E-state index in [1.54, 1.807) is 0 Å². The molecule has 0 heterocycles. The fourth-order valence-corrected chi connectivity index (χ4v) is 8.17. The van der Waals surface area contributed by atoms with Gasteiger partial charge in [0, 0.05) is 6.42 Å². The van der Waals surface area contributed by atoms with Gasteiger partial charge in [-0.25, -0.2) is 0 Å². The van der Waals surface area contributed by atoms with E-state index >= 15 is 0 Å². The van der Waals surface area contributed by atoms with Crippen molar-refractivity contribution in [1.82, 2.24) is 0 Å². The summed E-state index contributed by atoms with van der Waals surface area (Å²) in [5.74, 6) is 1.41. The van der Waals surface area contributed by atoms with Gasteiger partial charge >= 0.3 is 5.97 Å². The van der Waals surface area contributed by atoms with Crippen LogP contribution in [0.5, 0.6) is 0 Å². The number of rotatable bonds is 4. The molecule has 11 atom stereocenters. The minimum atomic E-state index is -0.744. The third-order valence-electron chi connectivity index (χ3n) is 9.59. The molecule has 4 N–H and O–H groups in total. The molecule has 0 saturated heterocycles. The molecule has 0 aromatic heterocycles. The van der Waals surface area contributed by atoms with E-state index < -0.39 is 5.97 Å². The van der Waals surface area contributed by atoms with E-state index in [2.05, 4.69) is 13.8 Å². The van der Waals surface area contributed by atoms with E-state index in [4.69, 9.17) is 5.11 Å². The number of hydrogen-bond acceptors (Lipinski definition) is 4. The summed E-state index contributed by atoms with van der Waals surface area (Å²) < 4.78 is 0. The summed E-state index contributed by atoms with van der Waals surface area (Å²) in [5, 5.41) is 41.5. The second kappa shape index (κ2) is 7.55. The van der Waals surface area contributed by atoms with E-state index in [1.807, 2.05) is 0 Å². The van der Waals surface area contributed by atoms with Crippen LogP contribution < -0.4 is 0 Å². The molecule has 0 amide bonds. The first kappa shape index (κ1) is 20.6. The van der Waals surface area contributed by atoms with Crippen molar-refractivity contribution in [2.45, 2.75) is 89.9 Å². The predicted molar refractivity (Wildman–Crippen MR) is 105 cm³/mol. The second-order valence-corrected chi connectivity index (χ2v) is 10.8. The summed E-state index contributed by atoms with van der Waals surface area (Å²) in [6.07, 6.45) is 6.20. The number of carbonyl (C=O) groups is 1. The molecule has 4 fully saturated rings. The van der Waals surface area contributed by atoms with Gasteiger partial charge in [-0.2, -0.15) is 0 Å². The van der Waals surface area contributed by atoms with Crippen LogP contribution in [0, 0.1) is 46.8 Å². The van der Waals surface area contributed by atoms with Gasteiger partial charge in [-0.1, -0.05) is 13.8 Å². The largest absolute Gasteiger partial charge is 0.481 e. The third kappa shape index (κ3) is 3.31. The lowest BCUT2D eigenvalue weighted by atomic mass is 9.45. The Kier molecular flexibility index (Phi) is 5.56. The van der Waals surface area contributed by atoms with Gasteiger partial charge in [0.25, 0.3) is 0 Å². The number of aliphatic hydroxyl groups excluding tert-OH is 3. The van der Waals surface area contributed by atoms with Gasteiger partial charge in [0.1, 0.15) is 0 Å². The van der Waals surface area contributed by atoms with Gasteiger partial charge in [-0.05, 0) is 98.2 Å². The molecule has 0 bridgehead atoms. The van der Waals surface area contributed by atoms with Gasteiger partial charge in [0.15, 0.2) is 0 Å². The minimum Gasteiger partial charge on any atom is -0.481 e. The first-order chi connectivity index (χ1) is 13.2. The van der Waals surface area contributed by atoms with Gasteiger partial charge in [-0.15, -0.1) is 0 Å². The highest BCUT2D eigenvalue weighted by atomic mass is 16.4. The average Bonchev–Trinajstić information content (AvgIpc) is 3.07. The highest BCUT2D eigenvalue weighted by Crippen LogP contribution is 2.64. The normalized spacial score (nSPS) is 51.7. The molecule has 4 rings (SSSR count). The standard InChI is InChI=1S/C23H38O5/c1-12(3-6-20(27)28)15-4-5-16-21(15)19(26)11-17-22(16)18(25)10-13-9-14(24)7-8-23(13,17)2/h12-19,21-22,24-26H,3-11H2,1-2H3,(H,27,28)/t12-,13+,14-,15-,16?,17?,18-,19+,21?,22?,23+/m1/s1. The molecule has 5 heteroatoms. The summed E-state index contributed by atoms with van der Waals surface area (Å²) in [7, 11) is 0. The van der Waals surface area contributed by atoms with Crippen LogP contribution in [0.2, 0.25) is 0 Å². The van der Waals surface area contributed by atoms with Crippen LogP contribution in [0.25, 0.3) is 0 Å². The predicted octanol–water partition coefficient (Wildman–Crippen LogP) is 3.06. The molecule has 160 valence electrons. The Bertz CT molecular complexity index is 594. The van der Waals surface area contributed by atoms with Crippen LogP contribution in [0.1, 0.15) is 71.6 Å². The number of carboxylic acids is 1. The fraction of sp³-hybridized carbons (Fsp3) is 0.957. The SMILES string of the molecule is C[C@H](CCC(=O)O)[C@H]1CCC2C3C(C[C@H](O)C21)[C@@]1(C)CC[C@@H](O)C[C@H]1C[C@H]3O. The maximum absolute atomic E-state index is 11.2. The smallest absolute Gasteiger partial charge is 0.303 e. The fourth-order valence-electron chi connectivity index (χ4n) is 8.17. The average molecular weight is 395 g/mol. The van der Waals surface area contributed by atoms with E-state index in [0.717, 1.165) is 44.9 Å². The molecular weight excluding hydrogens is 356 g/mol. The van der Waals surface area contributed by atoms with Crippen LogP contribution in [-0.2, 0) is 4.79 Å². The molecule has 28 heavy (non-hydrogen) atoms. The van der Waals surface area contributed by atoms with Crippen LogP contribution in [-0.4, -0.2) is 44.7 Å². The first-order valence-corrected chi connectivity index (χ1v) is 11.5. The Balaban J connectivity index is 1.55. The zero-order valence-electron chi connectivity index (χ0n) is 17.3. The van der Waals surface area contributed by atoms with Crippen LogP contribution >= 0.6 is 0 Å². The number of fused-ring (bicyclic) bond motifs is 5. The van der Waals surface area contributed by atoms with Crippen LogP contribution in [0.3, 0.4) is 0 Å². The Hall–Kier alpha value is -0.650. The zero-order chi connectivity index (χ0) is 20.2. The summed E-state index contributed by atoms with van der Waals surface area (Å²) in [6.45, 7) is 4.49. The maximum atomic E-state index is 11.2. The maximum Gasteiger partial charge on any atom is 0.303 e. The quantitative estimate of drug-likeness (QED) is 0.587. The van der Waals surface area contributed by atoms with E-state index in [9.17, 15) is 20.1 Å². The molecule has 5 nitrogen and oxygen atoms in total. The molecule has 0 aromatic carbocycles. The second-order valence-electron chi connectivity index (χ2n) is 10.8. The molecule has 0 aliphatic heterocycles. The lowest BCUT2D eigenvalue weighted by Crippen LogP contribution is -2.59. The highest BCUT2D eigenvalue weighted by molar-refractivity contribution is 5.66. The molecule has 4 aliphatic carbocycles. The van der Waals surface area contributed by atoms with Crippen LogP contribution in [0.4, 0.5) is 0 Å². The van der Waals surface area contributed by atoms with Crippen molar-refractivity contribution in [3.8, 4) is 0 Å². The van der Waals surface area contributed by atoms with E-state index in [1.165, 1.54) is 0 Å². The van der Waals surface area contributed by atoms with Crippen molar-refractivity contribution in [3.05, 3.63) is 0 Å². The molecule has 0 radical (unpaired) electrons. The van der Waals surface area contributed by atoms with Crippen LogP contribution in [0.15, 0.2) is 0 Å². The van der Waals surface area contributed by atoms with E-state index in [0.29, 0.717) is 36.0 Å². The minimum absolute atomic E-state index is 0.113. The zero-order valence-corrected chi connectivity index (χ0v) is 17.3. The number of aliphatic carboxylic acids is 1. The lowest BCUT2D eigenvalue weighted by Gasteiger charge is -2.61. The molecule has 4 aliphatic rings. The summed E-state index contributed by atoms with van der Waals surface area (Å²) in [5.41, 5.74) is 0.113. The Morgan fingerprint density at radius 3 is 2.46 bits per heavy atom. The van der Waals surface area contributed by atoms with Crippen molar-refractivity contribution in [2.75, 3.05) is 0 Å². The molecule has 0 spiro atoms. The number of carboxylic acid groups (broad SMARTS) is 1. The molecule has 4 saturated carbocycles. The van der Waals surface area contributed by atoms with Crippen molar-refractivity contribution in [1.29, 1.82) is 0 Å². The number of aliphatic hydroxyl groups is 3. The van der Waals surface area contributed by atoms with E-state index in [-0.39, 0.29) is 42.0 Å². The third-order valence-corrected chi connectivity index (χ3v) is 9.59. The first-order valence-electron chi connectivity index (χ1n) is 11.5. The number of hydrogen-bond donors (Lipinski definition) is 4. The Morgan fingerprint density at radius 2 is 1.75 bits per heavy atom. The summed E-state index contributed by atoms with van der Waals surface area (Å²) in [6, 6.07) is 0. The Labute approximate surface area is 168 Å². The molecular formula is C23H38O5. The summed E-state index contributed by atoms with van der Waals surface area (Å²) in [4.78, 5) is 11.0. The van der Waals surface area contributed by atoms with Crippen molar-refractivity contribution in [3.63, 3.8) is 0 Å². The summed E-state index contributed by atoms with van der Waals surface area (Å²) >= 11 is 0.